The number of nitrogens with zero attached hydrogens (tertiary/aromatic N) is 2. The number of hydrogen-bond donors (Lipinski definition) is 1. The molecule has 1 saturated heterocycles. The molecule has 1 atom stereocenters. The molecule has 0 spiro atoms. The second-order valence-corrected chi connectivity index (χ2v) is 7.66. The summed E-state index contributed by atoms with van der Waals surface area (Å²) in [6.45, 7) is 5.76. The molecular weight excluding hydrogens is 385 g/mol. The molecule has 6 nitrogen and oxygen atoms in total. The summed E-state index contributed by atoms with van der Waals surface area (Å²) in [5.74, 6) is 1.36. The topological polar surface area (TPSA) is 54.0 Å². The van der Waals surface area contributed by atoms with Gasteiger partial charge in [-0.05, 0) is 36.2 Å². The van der Waals surface area contributed by atoms with Gasteiger partial charge in [-0.3, -0.25) is 9.69 Å². The number of carbonyl (C=O) groups is 1. The lowest BCUT2D eigenvalue weighted by molar-refractivity contribution is -0.121. The Bertz CT molecular complexity index is 884. The molecule has 2 heterocycles. The fourth-order valence-electron chi connectivity index (χ4n) is 4.09. The lowest BCUT2D eigenvalue weighted by Gasteiger charge is -2.40. The number of fused-ring (bicyclic) bond motifs is 1. The van der Waals surface area contributed by atoms with Gasteiger partial charge in [-0.25, -0.2) is 4.39 Å². The van der Waals surface area contributed by atoms with Gasteiger partial charge in [0.25, 0.3) is 0 Å². The molecule has 1 fully saturated rings. The summed E-state index contributed by atoms with van der Waals surface area (Å²) in [5, 5.41) is 3.07. The molecule has 0 radical (unpaired) electrons. The predicted octanol–water partition coefficient (Wildman–Crippen LogP) is 3.33. The Labute approximate surface area is 176 Å². The monoisotopic (exact) mass is 413 g/mol. The van der Waals surface area contributed by atoms with E-state index in [1.165, 1.54) is 6.07 Å². The van der Waals surface area contributed by atoms with Crippen LogP contribution in [0, 0.1) is 5.82 Å². The van der Waals surface area contributed by atoms with Crippen LogP contribution in [0.2, 0.25) is 0 Å². The van der Waals surface area contributed by atoms with Gasteiger partial charge in [0, 0.05) is 39.1 Å². The first-order valence-electron chi connectivity index (χ1n) is 10.6. The van der Waals surface area contributed by atoms with Crippen molar-refractivity contribution in [1.29, 1.82) is 0 Å². The molecule has 1 N–H and O–H groups in total. The van der Waals surface area contributed by atoms with Crippen molar-refractivity contribution in [2.45, 2.75) is 25.8 Å². The average Bonchev–Trinajstić information content (AvgIpc) is 3.23. The third-order valence-electron chi connectivity index (χ3n) is 5.70. The normalized spacial score (nSPS) is 17.1. The second kappa shape index (κ2) is 9.34. The molecule has 0 aliphatic carbocycles. The second-order valence-electron chi connectivity index (χ2n) is 7.66. The molecule has 0 aromatic heterocycles. The molecule has 0 saturated carbocycles. The van der Waals surface area contributed by atoms with Gasteiger partial charge < -0.3 is 19.7 Å². The van der Waals surface area contributed by atoms with E-state index in [0.717, 1.165) is 49.7 Å². The number of para-hydroxylation sites is 1. The summed E-state index contributed by atoms with van der Waals surface area (Å²) in [7, 11) is 0. The number of nitrogens with one attached hydrogen (secondary N) is 1. The van der Waals surface area contributed by atoms with Crippen molar-refractivity contribution in [2.75, 3.05) is 44.4 Å². The van der Waals surface area contributed by atoms with Crippen LogP contribution in [0.4, 0.5) is 10.1 Å². The van der Waals surface area contributed by atoms with E-state index >= 15 is 0 Å². The van der Waals surface area contributed by atoms with Crippen LogP contribution in [-0.4, -0.2) is 50.3 Å². The number of ether oxygens (including phenoxy) is 2. The molecule has 2 aliphatic heterocycles. The zero-order valence-corrected chi connectivity index (χ0v) is 17.3. The van der Waals surface area contributed by atoms with E-state index in [1.54, 1.807) is 6.07 Å². The Hall–Kier alpha value is -2.80. The Morgan fingerprint density at radius 2 is 1.87 bits per heavy atom. The van der Waals surface area contributed by atoms with Gasteiger partial charge in [-0.1, -0.05) is 25.1 Å². The van der Waals surface area contributed by atoms with Crippen molar-refractivity contribution in [3.05, 3.63) is 53.8 Å². The van der Waals surface area contributed by atoms with Crippen molar-refractivity contribution < 1.29 is 18.7 Å². The summed E-state index contributed by atoms with van der Waals surface area (Å²) in [6, 6.07) is 12.9. The van der Waals surface area contributed by atoms with Gasteiger partial charge in [-0.2, -0.15) is 0 Å². The highest BCUT2D eigenvalue weighted by Crippen LogP contribution is 2.36. The standard InChI is InChI=1S/C23H28FN3O3/c1-2-5-23(28)25-15-20(17-8-9-21-22(14-17)30-16-29-21)27-12-10-26(11-13-27)19-7-4-3-6-18(19)24/h3-4,6-9,14,20H,2,5,10-13,15-16H2,1H3,(H,25,28)/t20-/m1/s1. The van der Waals surface area contributed by atoms with Crippen LogP contribution in [0.3, 0.4) is 0 Å². The molecule has 2 aromatic rings. The molecule has 7 heteroatoms. The molecular formula is C23H28FN3O3. The van der Waals surface area contributed by atoms with Crippen molar-refractivity contribution in [3.63, 3.8) is 0 Å². The highest BCUT2D eigenvalue weighted by molar-refractivity contribution is 5.75. The number of halogens is 1. The van der Waals surface area contributed by atoms with Crippen LogP contribution < -0.4 is 19.7 Å². The van der Waals surface area contributed by atoms with Crippen molar-refractivity contribution in [3.8, 4) is 11.5 Å². The zero-order valence-electron chi connectivity index (χ0n) is 17.3. The summed E-state index contributed by atoms with van der Waals surface area (Å²) in [5.41, 5.74) is 1.73. The van der Waals surface area contributed by atoms with Crippen LogP contribution in [0.1, 0.15) is 31.4 Å². The van der Waals surface area contributed by atoms with Crippen LogP contribution >= 0.6 is 0 Å². The molecule has 0 unspecified atom stereocenters. The first kappa shape index (κ1) is 20.5. The maximum atomic E-state index is 14.2. The number of carbonyl (C=O) groups excluding carboxylic acids is 1. The smallest absolute Gasteiger partial charge is 0.231 e. The third-order valence-corrected chi connectivity index (χ3v) is 5.70. The molecule has 160 valence electrons. The van der Waals surface area contributed by atoms with Crippen molar-refractivity contribution >= 4 is 11.6 Å². The Balaban J connectivity index is 1.48. The molecule has 2 aromatic carbocycles. The number of benzene rings is 2. The Morgan fingerprint density at radius 3 is 2.63 bits per heavy atom. The summed E-state index contributed by atoms with van der Waals surface area (Å²) < 4.78 is 25.2. The summed E-state index contributed by atoms with van der Waals surface area (Å²) >= 11 is 0. The van der Waals surface area contributed by atoms with E-state index in [9.17, 15) is 9.18 Å². The van der Waals surface area contributed by atoms with Crippen molar-refractivity contribution in [2.24, 2.45) is 0 Å². The lowest BCUT2D eigenvalue weighted by Crippen LogP contribution is -2.50. The van der Waals surface area contributed by atoms with E-state index in [0.29, 0.717) is 18.7 Å². The van der Waals surface area contributed by atoms with E-state index < -0.39 is 0 Å². The van der Waals surface area contributed by atoms with Gasteiger partial charge in [0.15, 0.2) is 11.5 Å². The number of rotatable bonds is 7. The van der Waals surface area contributed by atoms with Gasteiger partial charge in [0.05, 0.1) is 11.7 Å². The number of amides is 1. The first-order valence-corrected chi connectivity index (χ1v) is 10.6. The van der Waals surface area contributed by atoms with E-state index in [1.807, 2.05) is 37.3 Å². The lowest BCUT2D eigenvalue weighted by atomic mass is 10.0. The third kappa shape index (κ3) is 4.51. The maximum absolute atomic E-state index is 14.2. The van der Waals surface area contributed by atoms with Crippen LogP contribution in [-0.2, 0) is 4.79 Å². The van der Waals surface area contributed by atoms with Gasteiger partial charge in [0.2, 0.25) is 12.7 Å². The SMILES string of the molecule is CCCC(=O)NC[C@H](c1ccc2c(c1)OCO2)N1CCN(c2ccccc2F)CC1. The minimum atomic E-state index is -0.190. The molecule has 30 heavy (non-hydrogen) atoms. The van der Waals surface area contributed by atoms with Gasteiger partial charge in [-0.15, -0.1) is 0 Å². The van der Waals surface area contributed by atoms with Gasteiger partial charge in [0.1, 0.15) is 5.82 Å². The highest BCUT2D eigenvalue weighted by Gasteiger charge is 2.28. The Kier molecular flexibility index (Phi) is 6.38. The van der Waals surface area contributed by atoms with Gasteiger partial charge >= 0.3 is 0 Å². The highest BCUT2D eigenvalue weighted by atomic mass is 19.1. The van der Waals surface area contributed by atoms with Crippen molar-refractivity contribution in [1.82, 2.24) is 10.2 Å². The van der Waals surface area contributed by atoms with Crippen LogP contribution in [0.5, 0.6) is 11.5 Å². The maximum Gasteiger partial charge on any atom is 0.231 e. The molecule has 0 bridgehead atoms. The number of anilines is 1. The average molecular weight is 413 g/mol. The van der Waals surface area contributed by atoms with E-state index in [2.05, 4.69) is 15.1 Å². The number of hydrogen-bond acceptors (Lipinski definition) is 5. The predicted molar refractivity (Wildman–Crippen MR) is 113 cm³/mol. The summed E-state index contributed by atoms with van der Waals surface area (Å²) in [6.07, 6.45) is 1.34. The largest absolute Gasteiger partial charge is 0.454 e. The molecule has 1 amide bonds. The molecule has 4 rings (SSSR count). The minimum absolute atomic E-state index is 0.0167. The zero-order chi connectivity index (χ0) is 20.9. The minimum Gasteiger partial charge on any atom is -0.454 e. The van der Waals surface area contributed by atoms with E-state index in [-0.39, 0.29) is 24.6 Å². The molecule has 2 aliphatic rings. The summed E-state index contributed by atoms with van der Waals surface area (Å²) in [4.78, 5) is 16.5. The fourth-order valence-corrected chi connectivity index (χ4v) is 4.09. The Morgan fingerprint density at radius 1 is 1.10 bits per heavy atom. The van der Waals surface area contributed by atoms with Crippen LogP contribution in [0.25, 0.3) is 0 Å². The van der Waals surface area contributed by atoms with E-state index in [4.69, 9.17) is 9.47 Å². The number of piperazine rings is 1. The fraction of sp³-hybridized carbons (Fsp3) is 0.435. The quantitative estimate of drug-likeness (QED) is 0.755. The first-order chi connectivity index (χ1) is 14.7. The van der Waals surface area contributed by atoms with Crippen LogP contribution in [0.15, 0.2) is 42.5 Å².